The summed E-state index contributed by atoms with van der Waals surface area (Å²) in [6.45, 7) is 10.8. The Balaban J connectivity index is 2.85. The van der Waals surface area contributed by atoms with Gasteiger partial charge in [-0.15, -0.1) is 0 Å². The van der Waals surface area contributed by atoms with Gasteiger partial charge in [-0.3, -0.25) is 9.69 Å². The van der Waals surface area contributed by atoms with Crippen LogP contribution < -0.4 is 5.32 Å². The fraction of sp³-hybridized carbons (Fsp3) is 0.923. The molecule has 1 unspecified atom stereocenters. The van der Waals surface area contributed by atoms with Gasteiger partial charge >= 0.3 is 5.97 Å². The van der Waals surface area contributed by atoms with Crippen molar-refractivity contribution in [1.82, 2.24) is 10.2 Å². The van der Waals surface area contributed by atoms with Gasteiger partial charge in [-0.1, -0.05) is 0 Å². The van der Waals surface area contributed by atoms with Gasteiger partial charge in [-0.05, 0) is 40.7 Å². The number of esters is 1. The molecule has 1 rings (SSSR count). The third kappa shape index (κ3) is 3.68. The van der Waals surface area contributed by atoms with Crippen molar-refractivity contribution in [2.24, 2.45) is 0 Å². The van der Waals surface area contributed by atoms with Gasteiger partial charge in [0.05, 0.1) is 13.5 Å². The molecule has 17 heavy (non-hydrogen) atoms. The molecule has 1 aliphatic heterocycles. The lowest BCUT2D eigenvalue weighted by Gasteiger charge is -2.44. The zero-order chi connectivity index (χ0) is 13.1. The molecule has 0 bridgehead atoms. The largest absolute Gasteiger partial charge is 0.469 e. The predicted molar refractivity (Wildman–Crippen MR) is 69.0 cm³/mol. The molecule has 1 heterocycles. The SMILES string of the molecule is COC(=O)CC1CNCCC(C)(C)N1C(C)C. The van der Waals surface area contributed by atoms with Crippen molar-refractivity contribution in [3.05, 3.63) is 0 Å². The number of hydrogen-bond acceptors (Lipinski definition) is 4. The Hall–Kier alpha value is -0.610. The van der Waals surface area contributed by atoms with E-state index in [0.29, 0.717) is 12.5 Å². The van der Waals surface area contributed by atoms with E-state index in [4.69, 9.17) is 4.74 Å². The molecule has 1 atom stereocenters. The van der Waals surface area contributed by atoms with E-state index >= 15 is 0 Å². The van der Waals surface area contributed by atoms with Crippen molar-refractivity contribution in [3.8, 4) is 0 Å². The molecule has 100 valence electrons. The molecule has 4 nitrogen and oxygen atoms in total. The third-order valence-corrected chi connectivity index (χ3v) is 3.57. The summed E-state index contributed by atoms with van der Waals surface area (Å²) in [4.78, 5) is 13.9. The number of hydrogen-bond donors (Lipinski definition) is 1. The maximum Gasteiger partial charge on any atom is 0.307 e. The molecule has 0 radical (unpaired) electrons. The lowest BCUT2D eigenvalue weighted by molar-refractivity contribution is -0.142. The second-order valence-electron chi connectivity index (χ2n) is 5.70. The van der Waals surface area contributed by atoms with E-state index in [0.717, 1.165) is 19.5 Å². The highest BCUT2D eigenvalue weighted by molar-refractivity contribution is 5.70. The van der Waals surface area contributed by atoms with Crippen molar-refractivity contribution < 1.29 is 9.53 Å². The van der Waals surface area contributed by atoms with Gasteiger partial charge in [-0.2, -0.15) is 0 Å². The molecule has 0 aliphatic carbocycles. The van der Waals surface area contributed by atoms with E-state index in [2.05, 4.69) is 37.9 Å². The minimum atomic E-state index is -0.125. The minimum Gasteiger partial charge on any atom is -0.469 e. The molecule has 1 fully saturated rings. The van der Waals surface area contributed by atoms with Gasteiger partial charge in [0.15, 0.2) is 0 Å². The first-order valence-corrected chi connectivity index (χ1v) is 6.44. The Morgan fingerprint density at radius 1 is 1.53 bits per heavy atom. The van der Waals surface area contributed by atoms with E-state index in [1.807, 2.05) is 0 Å². The Bertz CT molecular complexity index is 264. The van der Waals surface area contributed by atoms with Gasteiger partial charge in [0, 0.05) is 24.2 Å². The molecule has 0 spiro atoms. The number of ether oxygens (including phenoxy) is 1. The highest BCUT2D eigenvalue weighted by atomic mass is 16.5. The van der Waals surface area contributed by atoms with Gasteiger partial charge < -0.3 is 10.1 Å². The van der Waals surface area contributed by atoms with Gasteiger partial charge in [0.2, 0.25) is 0 Å². The van der Waals surface area contributed by atoms with Crippen LogP contribution in [0.25, 0.3) is 0 Å². The summed E-state index contributed by atoms with van der Waals surface area (Å²) >= 11 is 0. The van der Waals surface area contributed by atoms with Crippen LogP contribution in [0.4, 0.5) is 0 Å². The molecular weight excluding hydrogens is 216 g/mol. The number of carbonyl (C=O) groups excluding carboxylic acids is 1. The standard InChI is InChI=1S/C13H26N2O2/c1-10(2)15-11(8-12(16)17-5)9-14-7-6-13(15,3)4/h10-11,14H,6-9H2,1-5H3. The summed E-state index contributed by atoms with van der Waals surface area (Å²) in [7, 11) is 1.46. The summed E-state index contributed by atoms with van der Waals surface area (Å²) < 4.78 is 4.80. The second-order valence-corrected chi connectivity index (χ2v) is 5.70. The molecule has 1 N–H and O–H groups in total. The maximum absolute atomic E-state index is 11.5. The molecule has 0 aromatic heterocycles. The number of nitrogens with one attached hydrogen (secondary N) is 1. The Labute approximate surface area is 105 Å². The van der Waals surface area contributed by atoms with E-state index in [9.17, 15) is 4.79 Å². The zero-order valence-electron chi connectivity index (χ0n) is 11.7. The number of rotatable bonds is 3. The molecular formula is C13H26N2O2. The van der Waals surface area contributed by atoms with Crippen molar-refractivity contribution >= 4 is 5.97 Å². The molecule has 1 aliphatic rings. The first-order valence-electron chi connectivity index (χ1n) is 6.44. The average molecular weight is 242 g/mol. The Kier molecular flexibility index (Phi) is 4.95. The van der Waals surface area contributed by atoms with Crippen molar-refractivity contribution in [2.75, 3.05) is 20.2 Å². The fourth-order valence-electron chi connectivity index (χ4n) is 2.95. The summed E-state index contributed by atoms with van der Waals surface area (Å²) in [5.41, 5.74) is 0.121. The second kappa shape index (κ2) is 5.83. The van der Waals surface area contributed by atoms with Gasteiger partial charge in [0.25, 0.3) is 0 Å². The van der Waals surface area contributed by atoms with Crippen LogP contribution in [0, 0.1) is 0 Å². The lowest BCUT2D eigenvalue weighted by Crippen LogP contribution is -2.54. The average Bonchev–Trinajstić information content (AvgIpc) is 2.36. The van der Waals surface area contributed by atoms with Crippen LogP contribution in [0.5, 0.6) is 0 Å². The normalized spacial score (nSPS) is 25.6. The van der Waals surface area contributed by atoms with E-state index in [1.54, 1.807) is 0 Å². The maximum atomic E-state index is 11.5. The first kappa shape index (κ1) is 14.5. The fourth-order valence-corrected chi connectivity index (χ4v) is 2.95. The molecule has 0 aromatic rings. The predicted octanol–water partition coefficient (Wildman–Crippen LogP) is 1.40. The van der Waals surface area contributed by atoms with E-state index in [1.165, 1.54) is 7.11 Å². The summed E-state index contributed by atoms with van der Waals surface area (Å²) in [5, 5.41) is 3.42. The highest BCUT2D eigenvalue weighted by Gasteiger charge is 2.37. The van der Waals surface area contributed by atoms with Crippen molar-refractivity contribution in [1.29, 1.82) is 0 Å². The van der Waals surface area contributed by atoms with Crippen LogP contribution in [0.3, 0.4) is 0 Å². The summed E-state index contributed by atoms with van der Waals surface area (Å²) in [6, 6.07) is 0.652. The number of nitrogens with zero attached hydrogens (tertiary/aromatic N) is 1. The summed E-state index contributed by atoms with van der Waals surface area (Å²) in [6.07, 6.45) is 1.56. The van der Waals surface area contributed by atoms with Crippen LogP contribution in [-0.4, -0.2) is 48.7 Å². The molecule has 0 amide bonds. The van der Waals surface area contributed by atoms with Crippen LogP contribution in [0.1, 0.15) is 40.5 Å². The number of carbonyl (C=O) groups is 1. The Morgan fingerprint density at radius 2 is 2.18 bits per heavy atom. The van der Waals surface area contributed by atoms with E-state index in [-0.39, 0.29) is 17.6 Å². The van der Waals surface area contributed by atoms with Crippen LogP contribution in [0.2, 0.25) is 0 Å². The zero-order valence-corrected chi connectivity index (χ0v) is 11.7. The highest BCUT2D eigenvalue weighted by Crippen LogP contribution is 2.27. The van der Waals surface area contributed by atoms with Gasteiger partial charge in [0.1, 0.15) is 0 Å². The lowest BCUT2D eigenvalue weighted by atomic mass is 9.94. The quantitative estimate of drug-likeness (QED) is 0.760. The van der Waals surface area contributed by atoms with E-state index < -0.39 is 0 Å². The smallest absolute Gasteiger partial charge is 0.307 e. The summed E-state index contributed by atoms with van der Waals surface area (Å²) in [5.74, 6) is -0.125. The third-order valence-electron chi connectivity index (χ3n) is 3.57. The van der Waals surface area contributed by atoms with Crippen LogP contribution >= 0.6 is 0 Å². The van der Waals surface area contributed by atoms with Crippen molar-refractivity contribution in [2.45, 2.75) is 58.2 Å². The monoisotopic (exact) mass is 242 g/mol. The molecule has 4 heteroatoms. The minimum absolute atomic E-state index is 0.121. The first-order chi connectivity index (χ1) is 7.88. The van der Waals surface area contributed by atoms with Crippen LogP contribution in [0.15, 0.2) is 0 Å². The molecule has 0 saturated carbocycles. The molecule has 0 aromatic carbocycles. The van der Waals surface area contributed by atoms with Gasteiger partial charge in [-0.25, -0.2) is 0 Å². The van der Waals surface area contributed by atoms with Crippen molar-refractivity contribution in [3.63, 3.8) is 0 Å². The Morgan fingerprint density at radius 3 is 2.71 bits per heavy atom. The topological polar surface area (TPSA) is 41.6 Å². The van der Waals surface area contributed by atoms with Crippen LogP contribution in [-0.2, 0) is 9.53 Å². The number of methoxy groups -OCH3 is 1. The molecule has 1 saturated heterocycles.